The van der Waals surface area contributed by atoms with Gasteiger partial charge in [0.25, 0.3) is 6.04 Å². The third kappa shape index (κ3) is 3.26. The lowest BCUT2D eigenvalue weighted by Gasteiger charge is -2.24. The van der Waals surface area contributed by atoms with E-state index in [1.165, 1.54) is 6.21 Å². The maximum Gasteiger partial charge on any atom is 0.274 e. The van der Waals surface area contributed by atoms with Crippen LogP contribution in [-0.4, -0.2) is 35.1 Å². The van der Waals surface area contributed by atoms with Crippen LogP contribution in [0.3, 0.4) is 0 Å². The summed E-state index contributed by atoms with van der Waals surface area (Å²) in [5.41, 5.74) is 0.716. The average Bonchev–Trinajstić information content (AvgIpc) is 2.48. The van der Waals surface area contributed by atoms with Gasteiger partial charge in [-0.1, -0.05) is 0 Å². The Balaban J connectivity index is 2.16. The SMILES string of the molecule is COc1ccc(/C=[N+](\[O-])C2CCCCC2[N+](=O)[O-])cc1. The molecule has 1 aliphatic carbocycles. The van der Waals surface area contributed by atoms with E-state index in [-0.39, 0.29) is 4.92 Å². The third-order valence-corrected chi connectivity index (χ3v) is 3.68. The van der Waals surface area contributed by atoms with Crippen LogP contribution in [-0.2, 0) is 0 Å². The summed E-state index contributed by atoms with van der Waals surface area (Å²) in [7, 11) is 1.57. The molecular weight excluding hydrogens is 260 g/mol. The molecule has 1 saturated carbocycles. The smallest absolute Gasteiger partial charge is 0.274 e. The van der Waals surface area contributed by atoms with Crippen molar-refractivity contribution >= 4 is 6.21 Å². The van der Waals surface area contributed by atoms with Crippen LogP contribution in [0.15, 0.2) is 24.3 Å². The molecule has 0 radical (unpaired) electrons. The Labute approximate surface area is 117 Å². The van der Waals surface area contributed by atoms with E-state index in [0.717, 1.165) is 17.6 Å². The van der Waals surface area contributed by atoms with Crippen LogP contribution in [0.1, 0.15) is 31.2 Å². The van der Waals surface area contributed by atoms with Crippen LogP contribution in [0.4, 0.5) is 0 Å². The minimum atomic E-state index is -0.768. The van der Waals surface area contributed by atoms with Crippen molar-refractivity contribution in [2.24, 2.45) is 0 Å². The first-order valence-corrected chi connectivity index (χ1v) is 6.69. The van der Waals surface area contributed by atoms with E-state index in [4.69, 9.17) is 4.74 Å². The van der Waals surface area contributed by atoms with Gasteiger partial charge >= 0.3 is 0 Å². The summed E-state index contributed by atoms with van der Waals surface area (Å²) in [5, 5.41) is 23.2. The molecule has 1 fully saturated rings. The molecular formula is C14H18N2O4. The van der Waals surface area contributed by atoms with Crippen molar-refractivity contribution in [1.82, 2.24) is 0 Å². The minimum Gasteiger partial charge on any atom is -0.623 e. The molecule has 1 aromatic carbocycles. The molecule has 108 valence electrons. The van der Waals surface area contributed by atoms with Crippen LogP contribution in [0.5, 0.6) is 5.75 Å². The quantitative estimate of drug-likeness (QED) is 0.278. The maximum absolute atomic E-state index is 12.2. The number of ether oxygens (including phenoxy) is 1. The normalized spacial score (nSPS) is 23.4. The van der Waals surface area contributed by atoms with Gasteiger partial charge in [-0.05, 0) is 37.1 Å². The Morgan fingerprint density at radius 1 is 1.15 bits per heavy atom. The highest BCUT2D eigenvalue weighted by atomic mass is 16.6. The Morgan fingerprint density at radius 3 is 2.30 bits per heavy atom. The number of nitrogens with zero attached hydrogens (tertiary/aromatic N) is 2. The van der Waals surface area contributed by atoms with Gasteiger partial charge in [0.2, 0.25) is 6.04 Å². The molecule has 0 aliphatic heterocycles. The van der Waals surface area contributed by atoms with E-state index in [0.29, 0.717) is 24.2 Å². The molecule has 6 nitrogen and oxygen atoms in total. The minimum absolute atomic E-state index is 0.323. The van der Waals surface area contributed by atoms with Crippen LogP contribution < -0.4 is 4.74 Å². The zero-order valence-electron chi connectivity index (χ0n) is 11.4. The van der Waals surface area contributed by atoms with Crippen molar-refractivity contribution in [2.45, 2.75) is 37.8 Å². The number of hydrogen-bond acceptors (Lipinski definition) is 4. The molecule has 0 aromatic heterocycles. The van der Waals surface area contributed by atoms with Crippen LogP contribution in [0, 0.1) is 15.3 Å². The largest absolute Gasteiger partial charge is 0.623 e. The van der Waals surface area contributed by atoms with E-state index >= 15 is 0 Å². The Hall–Kier alpha value is -2.11. The van der Waals surface area contributed by atoms with Crippen molar-refractivity contribution in [3.63, 3.8) is 0 Å². The Bertz CT molecular complexity index is 498. The van der Waals surface area contributed by atoms with Crippen molar-refractivity contribution in [3.05, 3.63) is 45.2 Å². The van der Waals surface area contributed by atoms with Gasteiger partial charge in [-0.15, -0.1) is 0 Å². The molecule has 1 aliphatic rings. The highest BCUT2D eigenvalue weighted by Gasteiger charge is 2.39. The molecule has 2 atom stereocenters. The van der Waals surface area contributed by atoms with E-state index in [1.54, 1.807) is 31.4 Å². The molecule has 2 rings (SSSR count). The molecule has 1 aromatic rings. The first-order valence-electron chi connectivity index (χ1n) is 6.69. The van der Waals surface area contributed by atoms with Gasteiger partial charge in [-0.25, -0.2) is 4.74 Å². The topological polar surface area (TPSA) is 78.4 Å². The van der Waals surface area contributed by atoms with Gasteiger partial charge in [0.15, 0.2) is 6.21 Å². The van der Waals surface area contributed by atoms with Crippen molar-refractivity contribution in [1.29, 1.82) is 0 Å². The Kier molecular flexibility index (Phi) is 4.55. The summed E-state index contributed by atoms with van der Waals surface area (Å²) in [5.74, 6) is 0.709. The zero-order valence-corrected chi connectivity index (χ0v) is 11.4. The fourth-order valence-corrected chi connectivity index (χ4v) is 2.57. The van der Waals surface area contributed by atoms with Gasteiger partial charge in [0, 0.05) is 23.3 Å². The number of nitro groups is 1. The highest BCUT2D eigenvalue weighted by Crippen LogP contribution is 2.23. The lowest BCUT2D eigenvalue weighted by atomic mass is 9.91. The second-order valence-corrected chi connectivity index (χ2v) is 4.97. The van der Waals surface area contributed by atoms with Gasteiger partial charge in [-0.3, -0.25) is 10.1 Å². The van der Waals surface area contributed by atoms with E-state index < -0.39 is 12.1 Å². The van der Waals surface area contributed by atoms with E-state index in [1.807, 2.05) is 0 Å². The molecule has 20 heavy (non-hydrogen) atoms. The number of hydrogen-bond donors (Lipinski definition) is 0. The van der Waals surface area contributed by atoms with Crippen LogP contribution in [0.25, 0.3) is 0 Å². The summed E-state index contributed by atoms with van der Waals surface area (Å²) in [6.45, 7) is 0. The van der Waals surface area contributed by atoms with Gasteiger partial charge in [0.05, 0.1) is 7.11 Å². The average molecular weight is 278 g/mol. The summed E-state index contributed by atoms with van der Waals surface area (Å²) in [6, 6.07) is 5.69. The first-order chi connectivity index (χ1) is 9.61. The summed E-state index contributed by atoms with van der Waals surface area (Å²) >= 11 is 0. The maximum atomic E-state index is 12.2. The number of hydroxylamine groups is 1. The molecule has 2 unspecified atom stereocenters. The lowest BCUT2D eigenvalue weighted by molar-refractivity contribution is -0.610. The van der Waals surface area contributed by atoms with Crippen LogP contribution in [0.2, 0.25) is 0 Å². The van der Waals surface area contributed by atoms with Gasteiger partial charge in [-0.2, -0.15) is 0 Å². The summed E-state index contributed by atoms with van der Waals surface area (Å²) in [6.07, 6.45) is 4.16. The molecule has 6 heteroatoms. The fourth-order valence-electron chi connectivity index (χ4n) is 2.57. The molecule has 0 bridgehead atoms. The molecule has 0 heterocycles. The zero-order chi connectivity index (χ0) is 14.5. The predicted molar refractivity (Wildman–Crippen MR) is 74.8 cm³/mol. The summed E-state index contributed by atoms with van der Waals surface area (Å²) in [4.78, 5) is 10.7. The van der Waals surface area contributed by atoms with Crippen molar-refractivity contribution < 1.29 is 14.4 Å². The molecule has 0 N–H and O–H groups in total. The van der Waals surface area contributed by atoms with E-state index in [2.05, 4.69) is 0 Å². The second-order valence-electron chi connectivity index (χ2n) is 4.97. The second kappa shape index (κ2) is 6.36. The molecule has 0 spiro atoms. The van der Waals surface area contributed by atoms with Gasteiger partial charge < -0.3 is 9.94 Å². The van der Waals surface area contributed by atoms with E-state index in [9.17, 15) is 15.3 Å². The summed E-state index contributed by atoms with van der Waals surface area (Å²) < 4.78 is 5.79. The monoisotopic (exact) mass is 278 g/mol. The van der Waals surface area contributed by atoms with Crippen molar-refractivity contribution in [3.8, 4) is 5.75 Å². The van der Waals surface area contributed by atoms with Gasteiger partial charge in [0.1, 0.15) is 5.75 Å². The molecule has 0 amide bonds. The number of rotatable bonds is 4. The predicted octanol–water partition coefficient (Wildman–Crippen LogP) is 2.21. The third-order valence-electron chi connectivity index (χ3n) is 3.68. The first kappa shape index (κ1) is 14.3. The Morgan fingerprint density at radius 2 is 1.75 bits per heavy atom. The molecule has 0 saturated heterocycles. The lowest BCUT2D eigenvalue weighted by Crippen LogP contribution is -2.42. The standard InChI is InChI=1S/C14H18N2O4/c1-20-12-8-6-11(7-9-12)10-15(17)13-4-2-3-5-14(13)16(18)19/h6-10,13-14H,2-5H2,1H3/b15-10-. The van der Waals surface area contributed by atoms with Crippen molar-refractivity contribution in [2.75, 3.05) is 7.11 Å². The number of methoxy groups -OCH3 is 1. The van der Waals surface area contributed by atoms with Crippen LogP contribution >= 0.6 is 0 Å². The number of benzene rings is 1. The fraction of sp³-hybridized carbons (Fsp3) is 0.500. The highest BCUT2D eigenvalue weighted by molar-refractivity contribution is 5.75.